The van der Waals surface area contributed by atoms with Crippen LogP contribution >= 0.6 is 11.6 Å². The summed E-state index contributed by atoms with van der Waals surface area (Å²) in [4.78, 5) is 0. The van der Waals surface area contributed by atoms with Crippen molar-refractivity contribution in [3.8, 4) is 0 Å². The Labute approximate surface area is 106 Å². The highest BCUT2D eigenvalue weighted by Gasteiger charge is 2.31. The first kappa shape index (κ1) is 12.8. The van der Waals surface area contributed by atoms with Gasteiger partial charge in [-0.05, 0) is 55.5 Å². The minimum Gasteiger partial charge on any atom is -0.396 e. The second kappa shape index (κ2) is 5.34. The van der Waals surface area contributed by atoms with Crippen LogP contribution in [0.2, 0.25) is 5.02 Å². The van der Waals surface area contributed by atoms with Crippen LogP contribution in [0, 0.1) is 11.2 Å². The standard InChI is InChI=1S/C13H17ClFNO/c14-11-2-1-10(7-12(11)15)8-13(9-17)3-5-16-6-4-13/h1-2,7,16-17H,3-6,8-9H2. The molecule has 2 N–H and O–H groups in total. The molecule has 1 aromatic carbocycles. The Balaban J connectivity index is 2.14. The summed E-state index contributed by atoms with van der Waals surface area (Å²) >= 11 is 5.66. The second-order valence-corrected chi connectivity index (χ2v) is 5.24. The Morgan fingerprint density at radius 3 is 2.65 bits per heavy atom. The van der Waals surface area contributed by atoms with E-state index in [1.165, 1.54) is 6.07 Å². The predicted octanol–water partition coefficient (Wildman–Crippen LogP) is 2.38. The van der Waals surface area contributed by atoms with Crippen LogP contribution in [0.25, 0.3) is 0 Å². The first-order valence-electron chi connectivity index (χ1n) is 5.91. The van der Waals surface area contributed by atoms with Crippen LogP contribution in [-0.2, 0) is 6.42 Å². The van der Waals surface area contributed by atoms with Gasteiger partial charge in [-0.3, -0.25) is 0 Å². The molecule has 1 aliphatic rings. The zero-order valence-corrected chi connectivity index (χ0v) is 10.4. The molecule has 2 rings (SSSR count). The van der Waals surface area contributed by atoms with E-state index in [9.17, 15) is 9.50 Å². The van der Waals surface area contributed by atoms with Gasteiger partial charge in [-0.2, -0.15) is 0 Å². The maximum absolute atomic E-state index is 13.4. The fraction of sp³-hybridized carbons (Fsp3) is 0.538. The Morgan fingerprint density at radius 2 is 2.06 bits per heavy atom. The minimum absolute atomic E-state index is 0.106. The molecule has 0 spiro atoms. The molecule has 0 radical (unpaired) electrons. The molecule has 2 nitrogen and oxygen atoms in total. The summed E-state index contributed by atoms with van der Waals surface area (Å²) < 4.78 is 13.4. The van der Waals surface area contributed by atoms with Gasteiger partial charge in [0.1, 0.15) is 5.82 Å². The van der Waals surface area contributed by atoms with Gasteiger partial charge in [0.2, 0.25) is 0 Å². The summed E-state index contributed by atoms with van der Waals surface area (Å²) in [7, 11) is 0. The predicted molar refractivity (Wildman–Crippen MR) is 66.7 cm³/mol. The second-order valence-electron chi connectivity index (χ2n) is 4.83. The lowest BCUT2D eigenvalue weighted by molar-refractivity contribution is 0.0892. The van der Waals surface area contributed by atoms with Gasteiger partial charge in [-0.25, -0.2) is 4.39 Å². The summed E-state index contributed by atoms with van der Waals surface area (Å²) in [6.45, 7) is 1.98. The number of rotatable bonds is 3. The van der Waals surface area contributed by atoms with Gasteiger partial charge >= 0.3 is 0 Å². The van der Waals surface area contributed by atoms with Gasteiger partial charge in [0.25, 0.3) is 0 Å². The number of benzene rings is 1. The summed E-state index contributed by atoms with van der Waals surface area (Å²) in [6.07, 6.45) is 2.56. The van der Waals surface area contributed by atoms with Gasteiger partial charge in [0.05, 0.1) is 5.02 Å². The lowest BCUT2D eigenvalue weighted by Gasteiger charge is -2.36. The third-order valence-corrected chi connectivity index (χ3v) is 3.87. The topological polar surface area (TPSA) is 32.3 Å². The molecule has 0 bridgehead atoms. The van der Waals surface area contributed by atoms with Gasteiger partial charge in [-0.15, -0.1) is 0 Å². The van der Waals surface area contributed by atoms with Crippen molar-refractivity contribution in [2.24, 2.45) is 5.41 Å². The summed E-state index contributed by atoms with van der Waals surface area (Å²) in [5.41, 5.74) is 0.800. The molecular weight excluding hydrogens is 241 g/mol. The summed E-state index contributed by atoms with van der Waals surface area (Å²) in [6, 6.07) is 4.89. The van der Waals surface area contributed by atoms with E-state index >= 15 is 0 Å². The molecule has 0 saturated carbocycles. The smallest absolute Gasteiger partial charge is 0.142 e. The number of hydrogen-bond donors (Lipinski definition) is 2. The van der Waals surface area contributed by atoms with E-state index < -0.39 is 0 Å². The molecule has 0 unspecified atom stereocenters. The van der Waals surface area contributed by atoms with Crippen molar-refractivity contribution in [2.45, 2.75) is 19.3 Å². The van der Waals surface area contributed by atoms with Crippen LogP contribution in [0.4, 0.5) is 4.39 Å². The lowest BCUT2D eigenvalue weighted by Crippen LogP contribution is -2.40. The average molecular weight is 258 g/mol. The number of aliphatic hydroxyl groups excluding tert-OH is 1. The molecule has 0 aliphatic carbocycles. The maximum Gasteiger partial charge on any atom is 0.142 e. The molecule has 1 saturated heterocycles. The van der Waals surface area contributed by atoms with E-state index in [-0.39, 0.29) is 22.9 Å². The molecule has 1 aromatic rings. The molecule has 0 aromatic heterocycles. The molecule has 4 heteroatoms. The van der Waals surface area contributed by atoms with E-state index in [1.54, 1.807) is 6.07 Å². The Bertz CT molecular complexity index is 391. The normalized spacial score (nSPS) is 19.2. The van der Waals surface area contributed by atoms with E-state index in [1.807, 2.05) is 6.07 Å². The highest BCUT2D eigenvalue weighted by molar-refractivity contribution is 6.30. The first-order valence-corrected chi connectivity index (χ1v) is 6.29. The monoisotopic (exact) mass is 257 g/mol. The van der Waals surface area contributed by atoms with Crippen molar-refractivity contribution in [1.29, 1.82) is 0 Å². The Hall–Kier alpha value is -0.640. The third kappa shape index (κ3) is 2.97. The molecule has 17 heavy (non-hydrogen) atoms. The van der Waals surface area contributed by atoms with Gasteiger partial charge < -0.3 is 10.4 Å². The van der Waals surface area contributed by atoms with Crippen LogP contribution in [0.1, 0.15) is 18.4 Å². The molecule has 1 aliphatic heterocycles. The molecule has 1 heterocycles. The van der Waals surface area contributed by atoms with E-state index in [0.29, 0.717) is 6.42 Å². The lowest BCUT2D eigenvalue weighted by atomic mass is 9.75. The molecule has 1 fully saturated rings. The number of halogens is 2. The zero-order valence-electron chi connectivity index (χ0n) is 9.68. The molecule has 94 valence electrons. The molecule has 0 atom stereocenters. The number of nitrogens with one attached hydrogen (secondary N) is 1. The minimum atomic E-state index is -0.383. The SMILES string of the molecule is OCC1(Cc2ccc(Cl)c(F)c2)CCNCC1. The van der Waals surface area contributed by atoms with Crippen LogP contribution in [-0.4, -0.2) is 24.8 Å². The highest BCUT2D eigenvalue weighted by atomic mass is 35.5. The van der Waals surface area contributed by atoms with Crippen molar-refractivity contribution in [1.82, 2.24) is 5.32 Å². The summed E-state index contributed by atoms with van der Waals surface area (Å²) in [5.74, 6) is -0.383. The van der Waals surface area contributed by atoms with Crippen LogP contribution in [0.5, 0.6) is 0 Å². The Morgan fingerprint density at radius 1 is 1.35 bits per heavy atom. The summed E-state index contributed by atoms with van der Waals surface area (Å²) in [5, 5.41) is 13.0. The van der Waals surface area contributed by atoms with Gasteiger partial charge in [-0.1, -0.05) is 17.7 Å². The maximum atomic E-state index is 13.4. The van der Waals surface area contributed by atoms with Crippen molar-refractivity contribution < 1.29 is 9.50 Å². The van der Waals surface area contributed by atoms with Crippen LogP contribution < -0.4 is 5.32 Å². The van der Waals surface area contributed by atoms with Gasteiger partial charge in [0.15, 0.2) is 0 Å². The molecular formula is C13H17ClFNO. The van der Waals surface area contributed by atoms with Crippen molar-refractivity contribution in [3.05, 3.63) is 34.6 Å². The fourth-order valence-corrected chi connectivity index (χ4v) is 2.55. The average Bonchev–Trinajstić information content (AvgIpc) is 2.35. The van der Waals surface area contributed by atoms with E-state index in [2.05, 4.69) is 5.32 Å². The van der Waals surface area contributed by atoms with Crippen molar-refractivity contribution >= 4 is 11.6 Å². The highest BCUT2D eigenvalue weighted by Crippen LogP contribution is 2.33. The van der Waals surface area contributed by atoms with Crippen molar-refractivity contribution in [2.75, 3.05) is 19.7 Å². The Kier molecular flexibility index (Phi) is 4.02. The van der Waals surface area contributed by atoms with Crippen LogP contribution in [0.15, 0.2) is 18.2 Å². The van der Waals surface area contributed by atoms with E-state index in [0.717, 1.165) is 31.5 Å². The largest absolute Gasteiger partial charge is 0.396 e. The quantitative estimate of drug-likeness (QED) is 0.872. The van der Waals surface area contributed by atoms with E-state index in [4.69, 9.17) is 11.6 Å². The first-order chi connectivity index (χ1) is 8.15. The number of piperidine rings is 1. The van der Waals surface area contributed by atoms with Gasteiger partial charge in [0, 0.05) is 6.61 Å². The van der Waals surface area contributed by atoms with Crippen molar-refractivity contribution in [3.63, 3.8) is 0 Å². The molecule has 0 amide bonds. The van der Waals surface area contributed by atoms with Crippen LogP contribution in [0.3, 0.4) is 0 Å². The number of aliphatic hydroxyl groups is 1. The zero-order chi connectivity index (χ0) is 12.3. The number of hydrogen-bond acceptors (Lipinski definition) is 2. The third-order valence-electron chi connectivity index (χ3n) is 3.56. The fourth-order valence-electron chi connectivity index (χ4n) is 2.43.